The molecule has 1 saturated heterocycles. The average Bonchev–Trinajstić information content (AvgIpc) is 3.30. The Balaban J connectivity index is 1.42. The Hall–Kier alpha value is -2.50. The standard InChI is InChI=1S/C20H22FN3O2/c21-16-5-3-14(4-6-16)18(25)13-17-2-1-9-24(17)20(26)15-7-10-23-11-8-22-19(23)12-15/h3-6,8,11,15,17H,1-2,7,9-10,12-13H2. The van der Waals surface area contributed by atoms with Gasteiger partial charge in [-0.2, -0.15) is 0 Å². The van der Waals surface area contributed by atoms with Gasteiger partial charge >= 0.3 is 0 Å². The van der Waals surface area contributed by atoms with Gasteiger partial charge < -0.3 is 9.47 Å². The number of likely N-dealkylation sites (tertiary alicyclic amines) is 1. The molecule has 4 rings (SSSR count). The Labute approximate surface area is 151 Å². The number of aryl methyl sites for hydroxylation is 1. The number of rotatable bonds is 4. The molecule has 2 atom stereocenters. The van der Waals surface area contributed by atoms with Gasteiger partial charge in [0.1, 0.15) is 11.6 Å². The molecule has 1 aromatic carbocycles. The quantitative estimate of drug-likeness (QED) is 0.793. The summed E-state index contributed by atoms with van der Waals surface area (Å²) in [6.07, 6.45) is 7.30. The molecule has 26 heavy (non-hydrogen) atoms. The van der Waals surface area contributed by atoms with Crippen molar-refractivity contribution in [1.82, 2.24) is 14.5 Å². The van der Waals surface area contributed by atoms with Gasteiger partial charge in [-0.1, -0.05) is 0 Å². The minimum atomic E-state index is -0.352. The monoisotopic (exact) mass is 355 g/mol. The molecule has 2 unspecified atom stereocenters. The first kappa shape index (κ1) is 16.9. The van der Waals surface area contributed by atoms with E-state index in [0.29, 0.717) is 24.9 Å². The lowest BCUT2D eigenvalue weighted by Crippen LogP contribution is -2.42. The first-order valence-corrected chi connectivity index (χ1v) is 9.21. The fraction of sp³-hybridized carbons (Fsp3) is 0.450. The van der Waals surface area contributed by atoms with Crippen molar-refractivity contribution < 1.29 is 14.0 Å². The van der Waals surface area contributed by atoms with Crippen molar-refractivity contribution >= 4 is 11.7 Å². The van der Waals surface area contributed by atoms with Crippen LogP contribution >= 0.6 is 0 Å². The van der Waals surface area contributed by atoms with Gasteiger partial charge in [-0.15, -0.1) is 0 Å². The lowest BCUT2D eigenvalue weighted by atomic mass is 9.95. The van der Waals surface area contributed by atoms with E-state index in [1.807, 2.05) is 11.1 Å². The van der Waals surface area contributed by atoms with Crippen molar-refractivity contribution in [3.8, 4) is 0 Å². The van der Waals surface area contributed by atoms with E-state index in [2.05, 4.69) is 9.55 Å². The van der Waals surface area contributed by atoms with Crippen LogP contribution in [0, 0.1) is 11.7 Å². The maximum Gasteiger partial charge on any atom is 0.226 e. The van der Waals surface area contributed by atoms with Gasteiger partial charge in [0.2, 0.25) is 5.91 Å². The summed E-state index contributed by atoms with van der Waals surface area (Å²) in [6, 6.07) is 5.57. The minimum absolute atomic E-state index is 0.0334. The van der Waals surface area contributed by atoms with Crippen molar-refractivity contribution in [1.29, 1.82) is 0 Å². The summed E-state index contributed by atoms with van der Waals surface area (Å²) < 4.78 is 15.1. The molecule has 6 heteroatoms. The van der Waals surface area contributed by atoms with E-state index in [9.17, 15) is 14.0 Å². The third kappa shape index (κ3) is 3.28. The van der Waals surface area contributed by atoms with Crippen LogP contribution in [0.2, 0.25) is 0 Å². The summed E-state index contributed by atoms with van der Waals surface area (Å²) in [5.74, 6) is 0.677. The molecule has 0 N–H and O–H groups in total. The van der Waals surface area contributed by atoms with E-state index in [1.54, 1.807) is 6.20 Å². The predicted molar refractivity (Wildman–Crippen MR) is 94.1 cm³/mol. The van der Waals surface area contributed by atoms with Gasteiger partial charge in [-0.05, 0) is 43.5 Å². The maximum absolute atomic E-state index is 13.0. The van der Waals surface area contributed by atoms with E-state index in [4.69, 9.17) is 0 Å². The summed E-state index contributed by atoms with van der Waals surface area (Å²) in [7, 11) is 0. The Morgan fingerprint density at radius 2 is 1.96 bits per heavy atom. The molecule has 136 valence electrons. The van der Waals surface area contributed by atoms with Crippen LogP contribution in [0.15, 0.2) is 36.7 Å². The van der Waals surface area contributed by atoms with Crippen molar-refractivity contribution in [3.63, 3.8) is 0 Å². The largest absolute Gasteiger partial charge is 0.339 e. The van der Waals surface area contributed by atoms with Gasteiger partial charge in [0.25, 0.3) is 0 Å². The highest BCUT2D eigenvalue weighted by molar-refractivity contribution is 5.96. The second-order valence-corrected chi connectivity index (χ2v) is 7.19. The minimum Gasteiger partial charge on any atom is -0.339 e. The van der Waals surface area contributed by atoms with Crippen LogP contribution in [0.3, 0.4) is 0 Å². The number of hydrogen-bond acceptors (Lipinski definition) is 3. The average molecular weight is 355 g/mol. The number of fused-ring (bicyclic) bond motifs is 1. The molecule has 3 heterocycles. The van der Waals surface area contributed by atoms with E-state index < -0.39 is 0 Å². The van der Waals surface area contributed by atoms with Crippen LogP contribution in [0.1, 0.15) is 41.9 Å². The fourth-order valence-corrected chi connectivity index (χ4v) is 4.10. The SMILES string of the molecule is O=C(CC1CCCN1C(=O)C1CCn2ccnc2C1)c1ccc(F)cc1. The van der Waals surface area contributed by atoms with E-state index >= 15 is 0 Å². The number of Topliss-reactive ketones (excluding diaryl/α,β-unsaturated/α-hetero) is 1. The zero-order chi connectivity index (χ0) is 18.1. The second kappa shape index (κ2) is 7.02. The number of nitrogens with zero attached hydrogens (tertiary/aromatic N) is 3. The summed E-state index contributed by atoms with van der Waals surface area (Å²) in [6.45, 7) is 1.53. The van der Waals surface area contributed by atoms with Crippen molar-refractivity contribution in [2.45, 2.75) is 44.7 Å². The van der Waals surface area contributed by atoms with Gasteiger partial charge in [-0.25, -0.2) is 9.37 Å². The topological polar surface area (TPSA) is 55.2 Å². The summed E-state index contributed by atoms with van der Waals surface area (Å²) in [4.78, 5) is 31.8. The van der Waals surface area contributed by atoms with Crippen LogP contribution in [0.25, 0.3) is 0 Å². The van der Waals surface area contributed by atoms with Gasteiger partial charge in [0.05, 0.1) is 0 Å². The summed E-state index contributed by atoms with van der Waals surface area (Å²) >= 11 is 0. The van der Waals surface area contributed by atoms with Crippen LogP contribution in [0.5, 0.6) is 0 Å². The zero-order valence-corrected chi connectivity index (χ0v) is 14.6. The molecule has 1 aromatic heterocycles. The van der Waals surface area contributed by atoms with Crippen molar-refractivity contribution in [2.75, 3.05) is 6.54 Å². The fourth-order valence-electron chi connectivity index (χ4n) is 4.10. The normalized spacial score (nSPS) is 22.3. The Kier molecular flexibility index (Phi) is 4.57. The molecule has 1 fully saturated rings. The van der Waals surface area contributed by atoms with E-state index in [0.717, 1.165) is 31.6 Å². The van der Waals surface area contributed by atoms with E-state index in [1.165, 1.54) is 24.3 Å². The lowest BCUT2D eigenvalue weighted by molar-refractivity contribution is -0.137. The highest BCUT2D eigenvalue weighted by Crippen LogP contribution is 2.28. The molecule has 0 spiro atoms. The molecule has 0 radical (unpaired) electrons. The molecule has 2 aliphatic heterocycles. The molecule has 0 bridgehead atoms. The number of benzene rings is 1. The number of amides is 1. The maximum atomic E-state index is 13.0. The number of ketones is 1. The van der Waals surface area contributed by atoms with Crippen LogP contribution in [-0.2, 0) is 17.8 Å². The zero-order valence-electron chi connectivity index (χ0n) is 14.6. The smallest absolute Gasteiger partial charge is 0.226 e. The molecule has 0 aliphatic carbocycles. The second-order valence-electron chi connectivity index (χ2n) is 7.19. The number of halogens is 1. The van der Waals surface area contributed by atoms with E-state index in [-0.39, 0.29) is 29.5 Å². The molecule has 2 aliphatic rings. The van der Waals surface area contributed by atoms with Crippen molar-refractivity contribution in [3.05, 3.63) is 53.9 Å². The Morgan fingerprint density at radius 3 is 2.77 bits per heavy atom. The number of imidazole rings is 1. The number of carbonyl (C=O) groups excluding carboxylic acids is 2. The first-order chi connectivity index (χ1) is 12.6. The van der Waals surface area contributed by atoms with Gasteiger partial charge in [0.15, 0.2) is 5.78 Å². The molecule has 2 aromatic rings. The van der Waals surface area contributed by atoms with Crippen LogP contribution in [-0.4, -0.2) is 38.7 Å². The molecule has 0 saturated carbocycles. The number of aromatic nitrogens is 2. The predicted octanol–water partition coefficient (Wildman–Crippen LogP) is 2.85. The molecule has 5 nitrogen and oxygen atoms in total. The Bertz CT molecular complexity index is 815. The van der Waals surface area contributed by atoms with Crippen LogP contribution in [0.4, 0.5) is 4.39 Å². The van der Waals surface area contributed by atoms with Gasteiger partial charge in [0, 0.05) is 55.8 Å². The van der Waals surface area contributed by atoms with Gasteiger partial charge in [-0.3, -0.25) is 9.59 Å². The lowest BCUT2D eigenvalue weighted by Gasteiger charge is -2.30. The molecule has 1 amide bonds. The summed E-state index contributed by atoms with van der Waals surface area (Å²) in [5, 5.41) is 0. The summed E-state index contributed by atoms with van der Waals surface area (Å²) in [5.41, 5.74) is 0.505. The third-order valence-corrected chi connectivity index (χ3v) is 5.55. The highest BCUT2D eigenvalue weighted by atomic mass is 19.1. The number of hydrogen-bond donors (Lipinski definition) is 0. The third-order valence-electron chi connectivity index (χ3n) is 5.55. The first-order valence-electron chi connectivity index (χ1n) is 9.21. The molecular weight excluding hydrogens is 333 g/mol. The Morgan fingerprint density at radius 1 is 1.15 bits per heavy atom. The highest BCUT2D eigenvalue weighted by Gasteiger charge is 2.35. The van der Waals surface area contributed by atoms with Crippen LogP contribution < -0.4 is 0 Å². The number of carbonyl (C=O) groups is 2. The van der Waals surface area contributed by atoms with Crippen molar-refractivity contribution in [2.24, 2.45) is 5.92 Å². The molecular formula is C20H22FN3O2.